The lowest BCUT2D eigenvalue weighted by Crippen LogP contribution is -2.12. The van der Waals surface area contributed by atoms with Crippen LogP contribution in [0.2, 0.25) is 0 Å². The molecule has 0 spiro atoms. The molecular weight excluding hydrogens is 315 g/mol. The third-order valence-electron chi connectivity index (χ3n) is 3.84. The molecule has 24 heavy (non-hydrogen) atoms. The summed E-state index contributed by atoms with van der Waals surface area (Å²) >= 11 is 0. The number of halogens is 3. The average molecular weight is 331 g/mol. The highest BCUT2D eigenvalue weighted by Crippen LogP contribution is 2.28. The van der Waals surface area contributed by atoms with E-state index in [0.717, 1.165) is 33.3 Å². The second-order valence-electron chi connectivity index (χ2n) is 5.66. The third-order valence-corrected chi connectivity index (χ3v) is 3.84. The molecule has 0 saturated heterocycles. The largest absolute Gasteiger partial charge is 0.394 e. The van der Waals surface area contributed by atoms with Crippen LogP contribution in [0.15, 0.2) is 42.7 Å². The molecule has 0 bridgehead atoms. The van der Waals surface area contributed by atoms with Gasteiger partial charge in [0, 0.05) is 36.1 Å². The number of hydrogen-bond donors (Lipinski definition) is 1. The van der Waals surface area contributed by atoms with Gasteiger partial charge in [-0.25, -0.2) is 4.98 Å². The number of rotatable bonds is 3. The van der Waals surface area contributed by atoms with Crippen molar-refractivity contribution in [3.8, 4) is 11.1 Å². The van der Waals surface area contributed by atoms with Crippen LogP contribution in [-0.4, -0.2) is 23.2 Å². The van der Waals surface area contributed by atoms with E-state index < -0.39 is 12.6 Å². The van der Waals surface area contributed by atoms with Crippen LogP contribution in [0.4, 0.5) is 19.0 Å². The van der Waals surface area contributed by atoms with Crippen LogP contribution in [-0.2, 0) is 6.42 Å². The lowest BCUT2D eigenvalue weighted by atomic mass is 9.99. The predicted molar refractivity (Wildman–Crippen MR) is 89.0 cm³/mol. The van der Waals surface area contributed by atoms with Crippen LogP contribution in [0.5, 0.6) is 0 Å². The van der Waals surface area contributed by atoms with Crippen LogP contribution in [0.25, 0.3) is 21.9 Å². The molecule has 2 heterocycles. The molecule has 0 atom stereocenters. The lowest BCUT2D eigenvalue weighted by molar-refractivity contribution is -0.127. The van der Waals surface area contributed by atoms with Crippen LogP contribution in [0, 0.1) is 6.92 Å². The number of benzene rings is 1. The number of nitrogens with one attached hydrogen (secondary N) is 1. The molecule has 0 aliphatic rings. The molecule has 0 aliphatic carbocycles. The number of alkyl halides is 3. The van der Waals surface area contributed by atoms with Gasteiger partial charge in [-0.3, -0.25) is 4.98 Å². The highest BCUT2D eigenvalue weighted by atomic mass is 19.4. The maximum Gasteiger partial charge on any atom is 0.394 e. The summed E-state index contributed by atoms with van der Waals surface area (Å²) in [6.45, 7) is 1.80. The number of anilines is 1. The number of pyridine rings is 2. The summed E-state index contributed by atoms with van der Waals surface area (Å²) in [4.78, 5) is 8.25. The van der Waals surface area contributed by atoms with Crippen molar-refractivity contribution in [2.24, 2.45) is 0 Å². The summed E-state index contributed by atoms with van der Waals surface area (Å²) in [6.07, 6.45) is -1.98. The zero-order valence-corrected chi connectivity index (χ0v) is 13.3. The van der Waals surface area contributed by atoms with E-state index in [4.69, 9.17) is 0 Å². The van der Waals surface area contributed by atoms with Crippen LogP contribution < -0.4 is 5.32 Å². The Bertz CT molecular complexity index is 888. The van der Waals surface area contributed by atoms with Gasteiger partial charge < -0.3 is 5.32 Å². The van der Waals surface area contributed by atoms with E-state index in [9.17, 15) is 13.2 Å². The standard InChI is InChI=1S/C18H16F3N3/c1-11-5-15(8-18(19,20)21)23-10-16(11)13-4-3-12-7-17(22-2)24-9-14(12)6-13/h3-7,9-10H,8H2,1-2H3,(H,22,24). The first-order chi connectivity index (χ1) is 11.4. The van der Waals surface area contributed by atoms with Crippen LogP contribution in [0.1, 0.15) is 11.3 Å². The number of aromatic nitrogens is 2. The molecule has 1 aromatic carbocycles. The Morgan fingerprint density at radius 1 is 1.00 bits per heavy atom. The number of aryl methyl sites for hydroxylation is 1. The Morgan fingerprint density at radius 2 is 1.79 bits per heavy atom. The summed E-state index contributed by atoms with van der Waals surface area (Å²) < 4.78 is 37.4. The van der Waals surface area contributed by atoms with Crippen molar-refractivity contribution in [1.82, 2.24) is 9.97 Å². The lowest BCUT2D eigenvalue weighted by Gasteiger charge is -2.11. The van der Waals surface area contributed by atoms with Gasteiger partial charge in [0.05, 0.1) is 6.42 Å². The minimum atomic E-state index is -4.25. The molecule has 0 radical (unpaired) electrons. The second-order valence-corrected chi connectivity index (χ2v) is 5.66. The Kier molecular flexibility index (Phi) is 4.13. The van der Waals surface area contributed by atoms with Crippen molar-refractivity contribution in [3.63, 3.8) is 0 Å². The van der Waals surface area contributed by atoms with E-state index in [1.54, 1.807) is 20.2 Å². The van der Waals surface area contributed by atoms with Gasteiger partial charge in [-0.2, -0.15) is 13.2 Å². The van der Waals surface area contributed by atoms with E-state index in [2.05, 4.69) is 15.3 Å². The molecule has 0 saturated carbocycles. The third kappa shape index (κ3) is 3.48. The topological polar surface area (TPSA) is 37.8 Å². The molecule has 3 aromatic rings. The smallest absolute Gasteiger partial charge is 0.373 e. The number of fused-ring (bicyclic) bond motifs is 1. The first-order valence-corrected chi connectivity index (χ1v) is 7.46. The summed E-state index contributed by atoms with van der Waals surface area (Å²) in [5.41, 5.74) is 2.53. The van der Waals surface area contributed by atoms with Gasteiger partial charge in [-0.1, -0.05) is 12.1 Å². The Labute approximate surface area is 137 Å². The zero-order valence-electron chi connectivity index (χ0n) is 13.3. The first-order valence-electron chi connectivity index (χ1n) is 7.46. The molecule has 0 unspecified atom stereocenters. The van der Waals surface area contributed by atoms with Gasteiger partial charge in [0.25, 0.3) is 0 Å². The molecule has 6 heteroatoms. The van der Waals surface area contributed by atoms with Gasteiger partial charge >= 0.3 is 6.18 Å². The second kappa shape index (κ2) is 6.11. The highest BCUT2D eigenvalue weighted by Gasteiger charge is 2.28. The van der Waals surface area contributed by atoms with Crippen molar-refractivity contribution in [2.45, 2.75) is 19.5 Å². The zero-order chi connectivity index (χ0) is 17.3. The van der Waals surface area contributed by atoms with E-state index in [1.807, 2.05) is 24.3 Å². The summed E-state index contributed by atoms with van der Waals surface area (Å²) in [5.74, 6) is 0.782. The SMILES string of the molecule is CNc1cc2ccc(-c3cnc(CC(F)(F)F)cc3C)cc2cn1. The fourth-order valence-electron chi connectivity index (χ4n) is 2.66. The first kappa shape index (κ1) is 16.2. The average Bonchev–Trinajstić information content (AvgIpc) is 2.52. The van der Waals surface area contributed by atoms with Gasteiger partial charge in [0.15, 0.2) is 0 Å². The fourth-order valence-corrected chi connectivity index (χ4v) is 2.66. The molecule has 0 aliphatic heterocycles. The molecule has 0 fully saturated rings. The minimum absolute atomic E-state index is 0.0323. The van der Waals surface area contributed by atoms with Gasteiger partial charge in [-0.05, 0) is 41.6 Å². The molecule has 3 rings (SSSR count). The maximum atomic E-state index is 12.5. The summed E-state index contributed by atoms with van der Waals surface area (Å²) in [5, 5.41) is 4.99. The minimum Gasteiger partial charge on any atom is -0.373 e. The Hall–Kier alpha value is -2.63. The van der Waals surface area contributed by atoms with Crippen molar-refractivity contribution in [2.75, 3.05) is 12.4 Å². The molecule has 2 aromatic heterocycles. The predicted octanol–water partition coefficient (Wildman–Crippen LogP) is 4.75. The van der Waals surface area contributed by atoms with Gasteiger partial charge in [-0.15, -0.1) is 0 Å². The van der Waals surface area contributed by atoms with E-state index in [-0.39, 0.29) is 5.69 Å². The number of hydrogen-bond acceptors (Lipinski definition) is 3. The summed E-state index contributed by atoms with van der Waals surface area (Å²) in [7, 11) is 1.81. The van der Waals surface area contributed by atoms with Crippen LogP contribution in [0.3, 0.4) is 0 Å². The van der Waals surface area contributed by atoms with Crippen molar-refractivity contribution in [1.29, 1.82) is 0 Å². The van der Waals surface area contributed by atoms with E-state index in [1.165, 1.54) is 12.3 Å². The normalized spacial score (nSPS) is 11.7. The molecular formula is C18H16F3N3. The van der Waals surface area contributed by atoms with E-state index in [0.29, 0.717) is 0 Å². The molecule has 0 amide bonds. The summed E-state index contributed by atoms with van der Waals surface area (Å²) in [6, 6.07) is 9.31. The van der Waals surface area contributed by atoms with E-state index >= 15 is 0 Å². The van der Waals surface area contributed by atoms with Crippen LogP contribution >= 0.6 is 0 Å². The quantitative estimate of drug-likeness (QED) is 0.752. The molecule has 1 N–H and O–H groups in total. The van der Waals surface area contributed by atoms with Gasteiger partial charge in [0.1, 0.15) is 5.82 Å². The van der Waals surface area contributed by atoms with Crippen molar-refractivity contribution in [3.05, 3.63) is 54.0 Å². The van der Waals surface area contributed by atoms with Crippen molar-refractivity contribution >= 4 is 16.6 Å². The monoisotopic (exact) mass is 331 g/mol. The molecule has 3 nitrogen and oxygen atoms in total. The highest BCUT2D eigenvalue weighted by molar-refractivity contribution is 5.88. The Balaban J connectivity index is 1.98. The van der Waals surface area contributed by atoms with Gasteiger partial charge in [0.2, 0.25) is 0 Å². The number of nitrogens with zero attached hydrogens (tertiary/aromatic N) is 2. The fraction of sp³-hybridized carbons (Fsp3) is 0.222. The Morgan fingerprint density at radius 3 is 2.46 bits per heavy atom. The molecule has 124 valence electrons. The van der Waals surface area contributed by atoms with Crippen molar-refractivity contribution < 1.29 is 13.2 Å². The maximum absolute atomic E-state index is 12.5.